The van der Waals surface area contributed by atoms with E-state index in [9.17, 15) is 26.5 Å². The van der Waals surface area contributed by atoms with Gasteiger partial charge in [-0.2, -0.15) is 16.8 Å². The number of rotatable bonds is 4. The first kappa shape index (κ1) is 17.5. The third-order valence-electron chi connectivity index (χ3n) is 3.45. The predicted molar refractivity (Wildman–Crippen MR) is 84.9 cm³/mol. The van der Waals surface area contributed by atoms with Crippen LogP contribution in [0.3, 0.4) is 0 Å². The van der Waals surface area contributed by atoms with Crippen LogP contribution in [-0.2, 0) is 20.2 Å². The SMILES string of the molecule is Cc1cc2cc(S(=O)(=O)O)c(NCS(=O)(=O)O)cc2c(O)c1C. The fraction of sp³-hybridized carbons (Fsp3) is 0.231. The minimum absolute atomic E-state index is 0.0863. The summed E-state index contributed by atoms with van der Waals surface area (Å²) in [7, 11) is -9.06. The number of hydrogen-bond acceptors (Lipinski definition) is 6. The monoisotopic (exact) mass is 361 g/mol. The third-order valence-corrected chi connectivity index (χ3v) is 4.85. The maximum Gasteiger partial charge on any atom is 0.296 e. The lowest BCUT2D eigenvalue weighted by molar-refractivity contribution is 0.476. The highest BCUT2D eigenvalue weighted by Gasteiger charge is 2.20. The minimum atomic E-state index is -4.65. The Morgan fingerprint density at radius 3 is 2.17 bits per heavy atom. The summed E-state index contributed by atoms with van der Waals surface area (Å²) in [6.07, 6.45) is 0. The number of nitrogens with one attached hydrogen (secondary N) is 1. The van der Waals surface area contributed by atoms with Crippen LogP contribution >= 0.6 is 0 Å². The average molecular weight is 361 g/mol. The van der Waals surface area contributed by atoms with Crippen molar-refractivity contribution in [2.45, 2.75) is 18.7 Å². The van der Waals surface area contributed by atoms with Gasteiger partial charge in [0.1, 0.15) is 16.5 Å². The van der Waals surface area contributed by atoms with E-state index in [2.05, 4.69) is 5.32 Å². The number of aromatic hydroxyl groups is 1. The average Bonchev–Trinajstić information content (AvgIpc) is 2.40. The molecule has 2 aromatic carbocycles. The molecule has 4 N–H and O–H groups in total. The van der Waals surface area contributed by atoms with Crippen molar-refractivity contribution in [3.63, 3.8) is 0 Å². The molecule has 23 heavy (non-hydrogen) atoms. The van der Waals surface area contributed by atoms with Crippen molar-refractivity contribution in [2.75, 3.05) is 11.2 Å². The second-order valence-electron chi connectivity index (χ2n) is 5.11. The Morgan fingerprint density at radius 2 is 1.65 bits per heavy atom. The van der Waals surface area contributed by atoms with E-state index in [1.807, 2.05) is 0 Å². The summed E-state index contributed by atoms with van der Waals surface area (Å²) in [6.45, 7) is 3.40. The highest BCUT2D eigenvalue weighted by atomic mass is 32.2. The Morgan fingerprint density at radius 1 is 1.04 bits per heavy atom. The van der Waals surface area contributed by atoms with E-state index in [1.165, 1.54) is 6.07 Å². The van der Waals surface area contributed by atoms with Crippen molar-refractivity contribution in [3.05, 3.63) is 29.3 Å². The number of hydrogen-bond donors (Lipinski definition) is 4. The van der Waals surface area contributed by atoms with Crippen LogP contribution in [0.5, 0.6) is 5.75 Å². The Bertz CT molecular complexity index is 995. The van der Waals surface area contributed by atoms with Crippen molar-refractivity contribution in [1.29, 1.82) is 0 Å². The third kappa shape index (κ3) is 3.72. The van der Waals surface area contributed by atoms with Crippen LogP contribution in [0.25, 0.3) is 10.8 Å². The molecule has 0 heterocycles. The summed E-state index contributed by atoms with van der Waals surface area (Å²) in [4.78, 5) is -0.559. The van der Waals surface area contributed by atoms with Crippen molar-refractivity contribution in [3.8, 4) is 5.75 Å². The van der Waals surface area contributed by atoms with E-state index < -0.39 is 31.0 Å². The molecule has 0 aliphatic rings. The Hall–Kier alpha value is -1.88. The Balaban J connectivity index is 2.77. The highest BCUT2D eigenvalue weighted by Crippen LogP contribution is 2.36. The molecule has 8 nitrogen and oxygen atoms in total. The molecule has 2 aromatic rings. The topological polar surface area (TPSA) is 141 Å². The van der Waals surface area contributed by atoms with Crippen LogP contribution in [0.4, 0.5) is 5.69 Å². The molecule has 0 radical (unpaired) electrons. The standard InChI is InChI=1S/C13H15NO7S2/c1-7-3-9-4-12(23(19,20)21)11(14-6-22(16,17)18)5-10(9)13(15)8(7)2/h3-5,14-15H,6H2,1-2H3,(H,16,17,18)(H,19,20,21). The molecule has 10 heteroatoms. The van der Waals surface area contributed by atoms with E-state index in [1.54, 1.807) is 19.9 Å². The van der Waals surface area contributed by atoms with E-state index in [4.69, 9.17) is 4.55 Å². The summed E-state index contributed by atoms with van der Waals surface area (Å²) in [5.41, 5.74) is 1.05. The van der Waals surface area contributed by atoms with Crippen LogP contribution in [0.15, 0.2) is 23.1 Å². The van der Waals surface area contributed by atoms with E-state index >= 15 is 0 Å². The zero-order valence-corrected chi connectivity index (χ0v) is 13.9. The van der Waals surface area contributed by atoms with Crippen LogP contribution < -0.4 is 5.32 Å². The molecule has 0 bridgehead atoms. The van der Waals surface area contributed by atoms with Gasteiger partial charge in [-0.25, -0.2) is 0 Å². The lowest BCUT2D eigenvalue weighted by Crippen LogP contribution is -2.15. The van der Waals surface area contributed by atoms with Gasteiger partial charge in [0.15, 0.2) is 0 Å². The Kier molecular flexibility index (Phi) is 4.28. The van der Waals surface area contributed by atoms with Gasteiger partial charge in [-0.3, -0.25) is 9.11 Å². The van der Waals surface area contributed by atoms with Crippen molar-refractivity contribution >= 4 is 36.7 Å². The van der Waals surface area contributed by atoms with E-state index in [0.717, 1.165) is 11.6 Å². The summed E-state index contributed by atoms with van der Waals surface area (Å²) in [5, 5.41) is 13.0. The van der Waals surface area contributed by atoms with Gasteiger partial charge in [0, 0.05) is 5.39 Å². The van der Waals surface area contributed by atoms with Crippen molar-refractivity contribution in [2.24, 2.45) is 0 Å². The van der Waals surface area contributed by atoms with Gasteiger partial charge >= 0.3 is 0 Å². The van der Waals surface area contributed by atoms with Crippen molar-refractivity contribution < 1.29 is 31.0 Å². The van der Waals surface area contributed by atoms with Crippen LogP contribution in [-0.4, -0.2) is 36.9 Å². The molecule has 0 unspecified atom stereocenters. The van der Waals surface area contributed by atoms with Gasteiger partial charge in [0.05, 0.1) is 5.69 Å². The lowest BCUT2D eigenvalue weighted by atomic mass is 10.0. The molecular formula is C13H15NO7S2. The maximum atomic E-state index is 11.5. The second kappa shape index (κ2) is 5.64. The van der Waals surface area contributed by atoms with Crippen molar-refractivity contribution in [1.82, 2.24) is 0 Å². The molecule has 0 saturated carbocycles. The molecule has 0 saturated heterocycles. The lowest BCUT2D eigenvalue weighted by Gasteiger charge is -2.14. The normalized spacial score (nSPS) is 12.5. The molecule has 0 fully saturated rings. The van der Waals surface area contributed by atoms with Gasteiger partial charge < -0.3 is 10.4 Å². The van der Waals surface area contributed by atoms with Gasteiger partial charge in [-0.15, -0.1) is 0 Å². The molecule has 0 amide bonds. The summed E-state index contributed by atoms with van der Waals surface area (Å²) in [5.74, 6) is -1.04. The zero-order valence-electron chi connectivity index (χ0n) is 12.2. The number of phenols is 1. The van der Waals surface area contributed by atoms with Gasteiger partial charge in [0.25, 0.3) is 20.2 Å². The molecule has 0 spiro atoms. The van der Waals surface area contributed by atoms with Crippen LogP contribution in [0.2, 0.25) is 0 Å². The number of benzene rings is 2. The fourth-order valence-electron chi connectivity index (χ4n) is 2.17. The number of fused-ring (bicyclic) bond motifs is 1. The largest absolute Gasteiger partial charge is 0.507 e. The van der Waals surface area contributed by atoms with Gasteiger partial charge in [-0.1, -0.05) is 6.07 Å². The zero-order chi connectivity index (χ0) is 17.6. The maximum absolute atomic E-state index is 11.5. The summed E-state index contributed by atoms with van der Waals surface area (Å²) in [6, 6.07) is 3.94. The number of phenolic OH excluding ortho intramolecular Hbond substituents is 1. The minimum Gasteiger partial charge on any atom is -0.507 e. The molecule has 126 valence electrons. The van der Waals surface area contributed by atoms with E-state index in [0.29, 0.717) is 10.9 Å². The molecular weight excluding hydrogens is 346 g/mol. The predicted octanol–water partition coefficient (Wildman–Crippen LogP) is 1.67. The molecule has 0 aliphatic carbocycles. The summed E-state index contributed by atoms with van der Waals surface area (Å²) >= 11 is 0. The smallest absolute Gasteiger partial charge is 0.296 e. The quantitative estimate of drug-likeness (QED) is 0.603. The number of aryl methyl sites for hydroxylation is 1. The van der Waals surface area contributed by atoms with Crippen LogP contribution in [0, 0.1) is 13.8 Å². The fourth-order valence-corrected chi connectivity index (χ4v) is 3.19. The molecule has 0 aromatic heterocycles. The van der Waals surface area contributed by atoms with Gasteiger partial charge in [-0.05, 0) is 42.5 Å². The summed E-state index contributed by atoms with van der Waals surface area (Å²) < 4.78 is 62.7. The second-order valence-corrected chi connectivity index (χ2v) is 7.96. The Labute approximate surface area is 133 Å². The number of anilines is 1. The van der Waals surface area contributed by atoms with E-state index in [-0.39, 0.29) is 16.8 Å². The molecule has 2 rings (SSSR count). The first-order valence-corrected chi connectivity index (χ1v) is 9.38. The van der Waals surface area contributed by atoms with Gasteiger partial charge in [0.2, 0.25) is 0 Å². The first-order chi connectivity index (χ1) is 10.4. The first-order valence-electron chi connectivity index (χ1n) is 6.33. The van der Waals surface area contributed by atoms with Crippen LogP contribution in [0.1, 0.15) is 11.1 Å². The molecule has 0 aliphatic heterocycles. The highest BCUT2D eigenvalue weighted by molar-refractivity contribution is 7.86. The molecule has 0 atom stereocenters.